The lowest BCUT2D eigenvalue weighted by Crippen LogP contribution is -2.30. The maximum Gasteiger partial charge on any atom is 0.214 e. The van der Waals surface area contributed by atoms with E-state index in [4.69, 9.17) is 4.11 Å². The molecule has 3 aromatic carbocycles. The second kappa shape index (κ2) is 7.95. The maximum absolute atomic E-state index is 9.26. The molecule has 1 fully saturated rings. The van der Waals surface area contributed by atoms with E-state index in [1.807, 2.05) is 13.0 Å². The van der Waals surface area contributed by atoms with Crippen molar-refractivity contribution in [2.75, 3.05) is 0 Å². The van der Waals surface area contributed by atoms with Gasteiger partial charge in [-0.2, -0.15) is 0 Å². The second-order valence-electron chi connectivity index (χ2n) is 11.4. The SMILES string of the molecule is [2H]C([2H])([2H])c1ccc(-c2cc3c(c[n+]2C)c2cc4ccc(C5([2H])CCC(C)(C)CC5)cc4cc2n3C)c(C)c1. The fraction of sp³-hybridized carbons (Fsp3) is 0.364. The molecule has 1 saturated carbocycles. The van der Waals surface area contributed by atoms with Crippen molar-refractivity contribution in [1.82, 2.24) is 4.57 Å². The van der Waals surface area contributed by atoms with Gasteiger partial charge >= 0.3 is 0 Å². The molecule has 178 valence electrons. The minimum atomic E-state index is -2.11. The van der Waals surface area contributed by atoms with Gasteiger partial charge in [-0.3, -0.25) is 0 Å². The standard InChI is InChI=1S/C33H37N2/c1-21-7-10-27(22(2)15-21)30-19-32-29(20-34(30)5)28-17-25-9-8-24(16-26(25)18-31(28)35(32)6)23-11-13-33(3,4)14-12-23/h7-10,15-20,23H,11-14H2,1-6H3/q+1/i1D3,23D. The molecule has 0 amide bonds. The average Bonchev–Trinajstić information content (AvgIpc) is 3.13. The summed E-state index contributed by atoms with van der Waals surface area (Å²) in [5.41, 5.74) is 7.18. The van der Waals surface area contributed by atoms with Gasteiger partial charge in [-0.15, -0.1) is 0 Å². The zero-order valence-corrected chi connectivity index (χ0v) is 21.5. The Kier molecular flexibility index (Phi) is 4.13. The number of rotatable bonds is 2. The summed E-state index contributed by atoms with van der Waals surface area (Å²) >= 11 is 0. The molecular weight excluding hydrogens is 424 g/mol. The smallest absolute Gasteiger partial charge is 0.214 e. The largest absolute Gasteiger partial charge is 0.343 e. The van der Waals surface area contributed by atoms with Gasteiger partial charge in [0.15, 0.2) is 6.20 Å². The van der Waals surface area contributed by atoms with Crippen molar-refractivity contribution in [3.63, 3.8) is 0 Å². The Labute approximate surface area is 214 Å². The lowest BCUT2D eigenvalue weighted by Gasteiger charge is -2.34. The monoisotopic (exact) mass is 465 g/mol. The molecule has 0 radical (unpaired) electrons. The van der Waals surface area contributed by atoms with Crippen molar-refractivity contribution < 1.29 is 10.1 Å². The second-order valence-corrected chi connectivity index (χ2v) is 11.4. The molecule has 0 aliphatic heterocycles. The Balaban J connectivity index is 1.47. The highest BCUT2D eigenvalue weighted by Gasteiger charge is 2.27. The van der Waals surface area contributed by atoms with Crippen molar-refractivity contribution in [3.8, 4) is 11.3 Å². The van der Waals surface area contributed by atoms with Crippen LogP contribution in [-0.4, -0.2) is 4.57 Å². The fourth-order valence-electron chi connectivity index (χ4n) is 5.99. The highest BCUT2D eigenvalue weighted by molar-refractivity contribution is 6.12. The molecule has 1 aliphatic rings. The minimum Gasteiger partial charge on any atom is -0.343 e. The summed E-state index contributed by atoms with van der Waals surface area (Å²) in [6, 6.07) is 18.8. The lowest BCUT2D eigenvalue weighted by atomic mass is 9.71. The van der Waals surface area contributed by atoms with E-state index in [1.165, 1.54) is 27.1 Å². The lowest BCUT2D eigenvalue weighted by molar-refractivity contribution is -0.659. The van der Waals surface area contributed by atoms with Gasteiger partial charge in [0.1, 0.15) is 7.05 Å². The predicted molar refractivity (Wildman–Crippen MR) is 149 cm³/mol. The van der Waals surface area contributed by atoms with Crippen LogP contribution >= 0.6 is 0 Å². The first-order valence-electron chi connectivity index (χ1n) is 14.7. The first-order chi connectivity index (χ1) is 18.3. The van der Waals surface area contributed by atoms with Crippen LogP contribution in [0.4, 0.5) is 0 Å². The van der Waals surface area contributed by atoms with Crippen LogP contribution in [0.1, 0.15) is 67.6 Å². The molecule has 0 bridgehead atoms. The summed E-state index contributed by atoms with van der Waals surface area (Å²) in [5.74, 6) is -0.507. The first kappa shape index (κ1) is 18.2. The van der Waals surface area contributed by atoms with Gasteiger partial charge in [0, 0.05) is 35.1 Å². The van der Waals surface area contributed by atoms with Crippen LogP contribution in [0.3, 0.4) is 0 Å². The Hall–Kier alpha value is -3.13. The van der Waals surface area contributed by atoms with Gasteiger partial charge in [-0.1, -0.05) is 49.7 Å². The van der Waals surface area contributed by atoms with Gasteiger partial charge in [0.2, 0.25) is 5.69 Å². The maximum atomic E-state index is 9.26. The molecule has 0 spiro atoms. The molecule has 2 aromatic heterocycles. The summed E-state index contributed by atoms with van der Waals surface area (Å²) in [4.78, 5) is 0. The van der Waals surface area contributed by atoms with Crippen molar-refractivity contribution in [1.29, 1.82) is 0 Å². The van der Waals surface area contributed by atoms with Gasteiger partial charge < -0.3 is 4.57 Å². The van der Waals surface area contributed by atoms with E-state index in [0.29, 0.717) is 11.0 Å². The topological polar surface area (TPSA) is 8.81 Å². The molecule has 1 aliphatic carbocycles. The summed E-state index contributed by atoms with van der Waals surface area (Å²) in [6.07, 6.45) is 6.19. The number of hydrogen-bond donors (Lipinski definition) is 0. The highest BCUT2D eigenvalue weighted by atomic mass is 15.0. The molecule has 2 heterocycles. The third kappa shape index (κ3) is 3.75. The summed E-state index contributed by atoms with van der Waals surface area (Å²) < 4.78 is 36.9. The molecule has 0 saturated heterocycles. The highest BCUT2D eigenvalue weighted by Crippen LogP contribution is 2.43. The number of aryl methyl sites for hydroxylation is 4. The molecule has 6 rings (SSSR count). The van der Waals surface area contributed by atoms with E-state index in [2.05, 4.69) is 79.7 Å². The van der Waals surface area contributed by atoms with Crippen LogP contribution < -0.4 is 4.57 Å². The third-order valence-corrected chi connectivity index (χ3v) is 8.34. The number of benzene rings is 3. The van der Waals surface area contributed by atoms with E-state index in [0.717, 1.165) is 53.6 Å². The number of nitrogens with zero attached hydrogens (tertiary/aromatic N) is 2. The summed E-state index contributed by atoms with van der Waals surface area (Å²) in [7, 11) is 4.17. The number of pyridine rings is 1. The summed E-state index contributed by atoms with van der Waals surface area (Å²) in [5, 5.41) is 4.78. The molecule has 0 atom stereocenters. The van der Waals surface area contributed by atoms with Gasteiger partial charge in [0.25, 0.3) is 0 Å². The zero-order chi connectivity index (χ0) is 27.9. The zero-order valence-electron chi connectivity index (χ0n) is 25.5. The normalized spacial score (nSPS) is 19.5. The molecule has 0 unspecified atom stereocenters. The summed E-state index contributed by atoms with van der Waals surface area (Å²) in [6.45, 7) is 4.51. The fourth-order valence-corrected chi connectivity index (χ4v) is 5.99. The molecule has 2 nitrogen and oxygen atoms in total. The Morgan fingerprint density at radius 2 is 1.71 bits per heavy atom. The Morgan fingerprint density at radius 3 is 2.46 bits per heavy atom. The van der Waals surface area contributed by atoms with Crippen molar-refractivity contribution >= 4 is 32.6 Å². The van der Waals surface area contributed by atoms with Crippen LogP contribution in [0.15, 0.2) is 60.8 Å². The Morgan fingerprint density at radius 1 is 0.943 bits per heavy atom. The van der Waals surface area contributed by atoms with Gasteiger partial charge in [-0.05, 0) is 90.9 Å². The van der Waals surface area contributed by atoms with Gasteiger partial charge in [-0.25, -0.2) is 4.57 Å². The van der Waals surface area contributed by atoms with Gasteiger partial charge in [0.05, 0.1) is 10.9 Å². The van der Waals surface area contributed by atoms with Crippen LogP contribution in [0.25, 0.3) is 43.8 Å². The van der Waals surface area contributed by atoms with E-state index in [9.17, 15) is 1.37 Å². The molecule has 5 aromatic rings. The van der Waals surface area contributed by atoms with Crippen LogP contribution in [-0.2, 0) is 14.1 Å². The number of fused-ring (bicyclic) bond motifs is 4. The van der Waals surface area contributed by atoms with Crippen molar-refractivity contribution in [2.45, 2.75) is 59.2 Å². The van der Waals surface area contributed by atoms with E-state index in [-0.39, 0.29) is 0 Å². The molecule has 35 heavy (non-hydrogen) atoms. The Bertz CT molecular complexity index is 1760. The third-order valence-electron chi connectivity index (χ3n) is 8.34. The van der Waals surface area contributed by atoms with E-state index >= 15 is 0 Å². The molecule has 0 N–H and O–H groups in total. The molecular formula is C33H37N2+. The van der Waals surface area contributed by atoms with Crippen molar-refractivity contribution in [3.05, 3.63) is 77.5 Å². The molecule has 2 heteroatoms. The first-order valence-corrected chi connectivity index (χ1v) is 12.7. The predicted octanol–water partition coefficient (Wildman–Crippen LogP) is 8.28. The van der Waals surface area contributed by atoms with Crippen LogP contribution in [0.2, 0.25) is 0 Å². The average molecular weight is 466 g/mol. The van der Waals surface area contributed by atoms with E-state index < -0.39 is 12.7 Å². The number of aromatic nitrogens is 2. The van der Waals surface area contributed by atoms with E-state index in [1.54, 1.807) is 12.1 Å². The van der Waals surface area contributed by atoms with Crippen LogP contribution in [0, 0.1) is 19.2 Å². The van der Waals surface area contributed by atoms with Crippen molar-refractivity contribution in [2.24, 2.45) is 19.5 Å². The number of hydrogen-bond acceptors (Lipinski definition) is 0. The van der Waals surface area contributed by atoms with Crippen LogP contribution in [0.5, 0.6) is 0 Å². The minimum absolute atomic E-state index is 0.335. The quantitative estimate of drug-likeness (QED) is 0.232.